The van der Waals surface area contributed by atoms with Crippen LogP contribution in [0.4, 0.5) is 0 Å². The molecule has 3 unspecified atom stereocenters. The van der Waals surface area contributed by atoms with Crippen molar-refractivity contribution in [2.24, 2.45) is 17.8 Å². The minimum atomic E-state index is -4.96. The lowest BCUT2D eigenvalue weighted by Crippen LogP contribution is -2.30. The summed E-state index contributed by atoms with van der Waals surface area (Å²) < 4.78 is 68.7. The summed E-state index contributed by atoms with van der Waals surface area (Å²) in [6, 6.07) is 0. The smallest absolute Gasteiger partial charge is 0.462 e. The molecule has 0 saturated heterocycles. The van der Waals surface area contributed by atoms with Crippen molar-refractivity contribution in [2.75, 3.05) is 39.6 Å². The van der Waals surface area contributed by atoms with E-state index in [1.54, 1.807) is 0 Å². The number of carbonyl (C=O) groups excluding carboxylic acids is 4. The third-order valence-corrected chi connectivity index (χ3v) is 21.1. The van der Waals surface area contributed by atoms with Crippen molar-refractivity contribution in [3.05, 3.63) is 0 Å². The molecule has 6 atom stereocenters. The molecule has 17 nitrogen and oxygen atoms in total. The quantitative estimate of drug-likeness (QED) is 0.0222. The van der Waals surface area contributed by atoms with Gasteiger partial charge < -0.3 is 33.8 Å². The molecule has 19 heteroatoms. The molecule has 0 amide bonds. The average molecular weight is 1470 g/mol. The van der Waals surface area contributed by atoms with Gasteiger partial charge in [0.2, 0.25) is 0 Å². The first-order chi connectivity index (χ1) is 48.3. The van der Waals surface area contributed by atoms with Crippen molar-refractivity contribution in [1.82, 2.24) is 0 Å². The number of phosphoric ester groups is 2. The van der Waals surface area contributed by atoms with Crippen LogP contribution in [-0.2, 0) is 65.4 Å². The Labute approximate surface area is 613 Å². The van der Waals surface area contributed by atoms with Crippen molar-refractivity contribution in [1.29, 1.82) is 0 Å². The van der Waals surface area contributed by atoms with Gasteiger partial charge in [-0.25, -0.2) is 9.13 Å². The molecular formula is C81H158O17P2. The van der Waals surface area contributed by atoms with E-state index in [1.165, 1.54) is 225 Å². The number of rotatable bonds is 79. The number of hydrogen-bond acceptors (Lipinski definition) is 15. The average Bonchev–Trinajstić information content (AvgIpc) is 0.971. The van der Waals surface area contributed by atoms with Crippen LogP contribution < -0.4 is 0 Å². The Kier molecular flexibility index (Phi) is 69.9. The molecule has 0 spiro atoms. The molecule has 0 aliphatic carbocycles. The second-order valence-electron chi connectivity index (χ2n) is 30.4. The first-order valence-electron chi connectivity index (χ1n) is 41.9. The molecule has 0 aliphatic rings. The van der Waals surface area contributed by atoms with Gasteiger partial charge in [0.05, 0.1) is 26.4 Å². The summed E-state index contributed by atoms with van der Waals surface area (Å²) in [4.78, 5) is 73.0. The van der Waals surface area contributed by atoms with E-state index >= 15 is 0 Å². The fraction of sp³-hybridized carbons (Fsp3) is 0.951. The van der Waals surface area contributed by atoms with Crippen LogP contribution in [0.25, 0.3) is 0 Å². The van der Waals surface area contributed by atoms with Gasteiger partial charge in [-0.3, -0.25) is 37.3 Å². The molecule has 0 aromatic heterocycles. The Morgan fingerprint density at radius 3 is 0.760 bits per heavy atom. The van der Waals surface area contributed by atoms with E-state index in [0.29, 0.717) is 31.6 Å². The summed E-state index contributed by atoms with van der Waals surface area (Å²) in [5.41, 5.74) is 0. The van der Waals surface area contributed by atoms with Gasteiger partial charge in [-0.05, 0) is 43.4 Å². The lowest BCUT2D eigenvalue weighted by molar-refractivity contribution is -0.161. The summed E-state index contributed by atoms with van der Waals surface area (Å²) in [6.45, 7) is 12.0. The normalized spacial score (nSPS) is 14.2. The molecule has 0 radical (unpaired) electrons. The predicted octanol–water partition coefficient (Wildman–Crippen LogP) is 24.1. The van der Waals surface area contributed by atoms with Gasteiger partial charge in [0.1, 0.15) is 19.3 Å². The Bertz CT molecular complexity index is 1940. The Hall–Kier alpha value is -1.94. The lowest BCUT2D eigenvalue weighted by atomic mass is 9.99. The second-order valence-corrected chi connectivity index (χ2v) is 33.3. The van der Waals surface area contributed by atoms with E-state index in [2.05, 4.69) is 48.5 Å². The Morgan fingerprint density at radius 2 is 0.510 bits per heavy atom. The maximum atomic E-state index is 13.1. The first kappa shape index (κ1) is 98.1. The molecule has 0 aromatic rings. The number of aliphatic hydroxyl groups is 1. The fourth-order valence-electron chi connectivity index (χ4n) is 12.5. The molecule has 0 saturated carbocycles. The summed E-state index contributed by atoms with van der Waals surface area (Å²) in [6.07, 6.45) is 59.6. The zero-order valence-corrected chi connectivity index (χ0v) is 67.5. The van der Waals surface area contributed by atoms with Crippen LogP contribution in [0.15, 0.2) is 0 Å². The Morgan fingerprint density at radius 1 is 0.290 bits per heavy atom. The van der Waals surface area contributed by atoms with Crippen molar-refractivity contribution < 1.29 is 80.2 Å². The largest absolute Gasteiger partial charge is 0.472 e. The van der Waals surface area contributed by atoms with Crippen LogP contribution in [0.2, 0.25) is 0 Å². The first-order valence-corrected chi connectivity index (χ1v) is 44.9. The maximum absolute atomic E-state index is 13.1. The van der Waals surface area contributed by atoms with Crippen LogP contribution in [-0.4, -0.2) is 96.7 Å². The van der Waals surface area contributed by atoms with Crippen LogP contribution in [0, 0.1) is 17.8 Å². The number of carbonyl (C=O) groups is 4. The van der Waals surface area contributed by atoms with E-state index in [4.69, 9.17) is 37.0 Å². The third kappa shape index (κ3) is 73.0. The van der Waals surface area contributed by atoms with Crippen LogP contribution in [0.5, 0.6) is 0 Å². The summed E-state index contributed by atoms with van der Waals surface area (Å²) in [5, 5.41) is 10.6. The molecule has 3 N–H and O–H groups in total. The summed E-state index contributed by atoms with van der Waals surface area (Å²) in [7, 11) is -9.92. The van der Waals surface area contributed by atoms with Gasteiger partial charge in [0, 0.05) is 25.7 Å². The summed E-state index contributed by atoms with van der Waals surface area (Å²) >= 11 is 0. The predicted molar refractivity (Wildman–Crippen MR) is 409 cm³/mol. The minimum Gasteiger partial charge on any atom is -0.462 e. The van der Waals surface area contributed by atoms with Crippen molar-refractivity contribution in [3.8, 4) is 0 Å². The van der Waals surface area contributed by atoms with E-state index in [1.807, 2.05) is 0 Å². The van der Waals surface area contributed by atoms with Gasteiger partial charge in [-0.1, -0.05) is 370 Å². The van der Waals surface area contributed by atoms with Gasteiger partial charge >= 0.3 is 39.5 Å². The van der Waals surface area contributed by atoms with Crippen LogP contribution in [0.3, 0.4) is 0 Å². The zero-order chi connectivity index (χ0) is 73.7. The number of phosphoric acid groups is 2. The highest BCUT2D eigenvalue weighted by Gasteiger charge is 2.30. The number of esters is 4. The van der Waals surface area contributed by atoms with Crippen LogP contribution in [0.1, 0.15) is 421 Å². The fourth-order valence-corrected chi connectivity index (χ4v) is 14.0. The highest BCUT2D eigenvalue weighted by atomic mass is 31.2. The monoisotopic (exact) mass is 1470 g/mol. The molecule has 0 rings (SSSR count). The molecule has 0 aliphatic heterocycles. The maximum Gasteiger partial charge on any atom is 0.472 e. The van der Waals surface area contributed by atoms with Crippen molar-refractivity contribution in [3.63, 3.8) is 0 Å². The number of ether oxygens (including phenoxy) is 4. The lowest BCUT2D eigenvalue weighted by Gasteiger charge is -2.21. The van der Waals surface area contributed by atoms with Gasteiger partial charge in [-0.15, -0.1) is 0 Å². The standard InChI is InChI=1S/C81H158O17P2/c1-8-10-11-12-13-14-15-22-30-35-42-50-57-64-80(85)98-77(69-92-79(84)63-56-49-44-37-39-46-53-60-73(5)6)71-96-100(89,90)94-67-75(82)66-93-99(87,88)95-70-76(68-91-78(83)62-55-48-41-34-29-25-21-20-24-28-33-40-47-54-61-74(7)9-2)97-81(86)65-58-51-43-36-31-26-19-17-16-18-23-27-32-38-45-52-59-72(3)4/h72-77,82H,8-71H2,1-7H3,(H,87,88)(H,89,90)/t74?,75-,76-,77-/m1/s1. The molecule has 0 bridgehead atoms. The van der Waals surface area contributed by atoms with Crippen molar-refractivity contribution in [2.45, 2.75) is 439 Å². The zero-order valence-electron chi connectivity index (χ0n) is 65.7. The van der Waals surface area contributed by atoms with Gasteiger partial charge in [0.25, 0.3) is 0 Å². The van der Waals surface area contributed by atoms with E-state index in [9.17, 15) is 43.2 Å². The van der Waals surface area contributed by atoms with Crippen LogP contribution >= 0.6 is 15.6 Å². The molecule has 0 fully saturated rings. The van der Waals surface area contributed by atoms with E-state index in [0.717, 1.165) is 108 Å². The highest BCUT2D eigenvalue weighted by Crippen LogP contribution is 2.45. The number of hydrogen-bond donors (Lipinski definition) is 3. The van der Waals surface area contributed by atoms with E-state index in [-0.39, 0.29) is 25.7 Å². The molecule has 0 heterocycles. The SMILES string of the molecule is CCCCCCCCCCCCCCCC(=O)O[C@H](COC(=O)CCCCCCCCCC(C)C)COP(=O)(O)OC[C@H](O)COP(=O)(O)OC[C@@H](COC(=O)CCCCCCCCCCCCCCCCC(C)CC)OC(=O)CCCCCCCCCCCCCCCCCCC(C)C. The Balaban J connectivity index is 5.24. The minimum absolute atomic E-state index is 0.107. The summed E-state index contributed by atoms with van der Waals surface area (Å²) in [5.74, 6) is 0.254. The molecular weight excluding hydrogens is 1310 g/mol. The number of unbranched alkanes of at least 4 members (excludes halogenated alkanes) is 46. The van der Waals surface area contributed by atoms with Gasteiger partial charge in [-0.2, -0.15) is 0 Å². The molecule has 100 heavy (non-hydrogen) atoms. The van der Waals surface area contributed by atoms with Gasteiger partial charge in [0.15, 0.2) is 12.2 Å². The molecule has 0 aromatic carbocycles. The number of aliphatic hydroxyl groups excluding tert-OH is 1. The highest BCUT2D eigenvalue weighted by molar-refractivity contribution is 7.47. The third-order valence-electron chi connectivity index (χ3n) is 19.2. The van der Waals surface area contributed by atoms with E-state index < -0.39 is 97.5 Å². The topological polar surface area (TPSA) is 237 Å². The van der Waals surface area contributed by atoms with Crippen molar-refractivity contribution >= 4 is 39.5 Å². The second kappa shape index (κ2) is 71.3. The molecule has 594 valence electrons.